The number of carbonyl (C=O) groups excluding carboxylic acids is 2. The highest BCUT2D eigenvalue weighted by Gasteiger charge is 2.15. The van der Waals surface area contributed by atoms with Gasteiger partial charge in [-0.2, -0.15) is 0 Å². The van der Waals surface area contributed by atoms with Crippen LogP contribution in [0, 0.1) is 13.8 Å². The van der Waals surface area contributed by atoms with Crippen molar-refractivity contribution in [1.82, 2.24) is 0 Å². The van der Waals surface area contributed by atoms with E-state index in [-0.39, 0.29) is 22.8 Å². The standard InChI is InChI=1S/C19H22N2O2S/c1-13-7-9-16(10-8-13)20-18(22)12-24-15(3)19(23)21-17-6-4-5-14(2)11-17/h4-11,15H,12H2,1-3H3,(H,20,22)(H,21,23)/t15-/m1/s1. The van der Waals surface area contributed by atoms with E-state index in [9.17, 15) is 9.59 Å². The van der Waals surface area contributed by atoms with Gasteiger partial charge in [-0.3, -0.25) is 9.59 Å². The molecule has 0 saturated heterocycles. The second kappa shape index (κ2) is 8.55. The average molecular weight is 342 g/mol. The lowest BCUT2D eigenvalue weighted by atomic mass is 10.2. The molecule has 1 atom stereocenters. The van der Waals surface area contributed by atoms with Gasteiger partial charge in [0.15, 0.2) is 0 Å². The number of hydrogen-bond donors (Lipinski definition) is 2. The molecule has 5 heteroatoms. The van der Waals surface area contributed by atoms with Crippen molar-refractivity contribution in [3.63, 3.8) is 0 Å². The lowest BCUT2D eigenvalue weighted by molar-refractivity contribution is -0.115. The van der Waals surface area contributed by atoms with Crippen LogP contribution in [-0.2, 0) is 9.59 Å². The quantitative estimate of drug-likeness (QED) is 0.834. The number of nitrogens with one attached hydrogen (secondary N) is 2. The maximum Gasteiger partial charge on any atom is 0.237 e. The molecular weight excluding hydrogens is 320 g/mol. The van der Waals surface area contributed by atoms with Crippen LogP contribution in [0.4, 0.5) is 11.4 Å². The van der Waals surface area contributed by atoms with Crippen molar-refractivity contribution in [1.29, 1.82) is 0 Å². The molecule has 2 aromatic carbocycles. The Balaban J connectivity index is 1.79. The molecule has 2 amide bonds. The summed E-state index contributed by atoms with van der Waals surface area (Å²) in [6.07, 6.45) is 0. The highest BCUT2D eigenvalue weighted by molar-refractivity contribution is 8.01. The van der Waals surface area contributed by atoms with Crippen LogP contribution in [0.5, 0.6) is 0 Å². The van der Waals surface area contributed by atoms with Crippen molar-refractivity contribution in [2.45, 2.75) is 26.0 Å². The largest absolute Gasteiger partial charge is 0.325 e. The first-order valence-corrected chi connectivity index (χ1v) is 8.84. The number of rotatable bonds is 6. The zero-order valence-electron chi connectivity index (χ0n) is 14.1. The fourth-order valence-corrected chi connectivity index (χ4v) is 2.76. The first kappa shape index (κ1) is 18.1. The normalized spacial score (nSPS) is 11.6. The number of anilines is 2. The first-order chi connectivity index (χ1) is 11.4. The van der Waals surface area contributed by atoms with Crippen molar-refractivity contribution in [2.75, 3.05) is 16.4 Å². The summed E-state index contributed by atoms with van der Waals surface area (Å²) < 4.78 is 0. The van der Waals surface area contributed by atoms with Crippen LogP contribution in [0.2, 0.25) is 0 Å². The molecule has 0 spiro atoms. The topological polar surface area (TPSA) is 58.2 Å². The molecule has 2 aromatic rings. The van der Waals surface area contributed by atoms with E-state index in [1.54, 1.807) is 6.92 Å². The number of aryl methyl sites for hydroxylation is 2. The van der Waals surface area contributed by atoms with E-state index < -0.39 is 0 Å². The molecule has 0 aliphatic rings. The summed E-state index contributed by atoms with van der Waals surface area (Å²) in [7, 11) is 0. The second-order valence-electron chi connectivity index (χ2n) is 5.73. The predicted octanol–water partition coefficient (Wildman–Crippen LogP) is 4.00. The highest BCUT2D eigenvalue weighted by Crippen LogP contribution is 2.16. The summed E-state index contributed by atoms with van der Waals surface area (Å²) in [6, 6.07) is 15.3. The zero-order valence-corrected chi connectivity index (χ0v) is 14.9. The third kappa shape index (κ3) is 5.74. The lowest BCUT2D eigenvalue weighted by Gasteiger charge is -2.12. The molecule has 0 saturated carbocycles. The summed E-state index contributed by atoms with van der Waals surface area (Å²) >= 11 is 1.31. The Morgan fingerprint density at radius 2 is 1.67 bits per heavy atom. The van der Waals surface area contributed by atoms with Crippen LogP contribution in [0.15, 0.2) is 48.5 Å². The monoisotopic (exact) mass is 342 g/mol. The third-order valence-corrected chi connectivity index (χ3v) is 4.60. The van der Waals surface area contributed by atoms with Gasteiger partial charge in [0.25, 0.3) is 0 Å². The van der Waals surface area contributed by atoms with Gasteiger partial charge >= 0.3 is 0 Å². The van der Waals surface area contributed by atoms with Crippen LogP contribution in [0.3, 0.4) is 0 Å². The maximum atomic E-state index is 12.2. The Morgan fingerprint density at radius 3 is 2.33 bits per heavy atom. The van der Waals surface area contributed by atoms with Crippen LogP contribution < -0.4 is 10.6 Å². The first-order valence-electron chi connectivity index (χ1n) is 7.79. The van der Waals surface area contributed by atoms with E-state index in [4.69, 9.17) is 0 Å². The molecule has 0 aromatic heterocycles. The van der Waals surface area contributed by atoms with Crippen molar-refractivity contribution in [3.8, 4) is 0 Å². The minimum Gasteiger partial charge on any atom is -0.325 e. The average Bonchev–Trinajstić information content (AvgIpc) is 2.54. The van der Waals surface area contributed by atoms with Crippen LogP contribution >= 0.6 is 11.8 Å². The molecule has 0 unspecified atom stereocenters. The molecule has 24 heavy (non-hydrogen) atoms. The molecule has 0 bridgehead atoms. The van der Waals surface area contributed by atoms with E-state index in [0.717, 1.165) is 22.5 Å². The van der Waals surface area contributed by atoms with Crippen LogP contribution in [-0.4, -0.2) is 22.8 Å². The van der Waals surface area contributed by atoms with Gasteiger partial charge in [0.1, 0.15) is 0 Å². The summed E-state index contributed by atoms with van der Waals surface area (Å²) in [6.45, 7) is 5.77. The molecular formula is C19H22N2O2S. The van der Waals surface area contributed by atoms with Gasteiger partial charge in [0, 0.05) is 11.4 Å². The molecule has 126 valence electrons. The second-order valence-corrected chi connectivity index (χ2v) is 7.06. The lowest BCUT2D eigenvalue weighted by Crippen LogP contribution is -2.25. The fourth-order valence-electron chi connectivity index (χ4n) is 2.08. The Labute approximate surface area is 147 Å². The van der Waals surface area contributed by atoms with Crippen molar-refractivity contribution in [3.05, 3.63) is 59.7 Å². The number of thioether (sulfide) groups is 1. The van der Waals surface area contributed by atoms with Crippen molar-refractivity contribution >= 4 is 35.0 Å². The Kier molecular flexibility index (Phi) is 6.44. The maximum absolute atomic E-state index is 12.2. The minimum absolute atomic E-state index is 0.103. The van der Waals surface area contributed by atoms with Crippen LogP contribution in [0.25, 0.3) is 0 Å². The molecule has 0 aliphatic carbocycles. The number of benzene rings is 2. The molecule has 0 radical (unpaired) electrons. The SMILES string of the molecule is Cc1ccc(NC(=O)CS[C@H](C)C(=O)Nc2cccc(C)c2)cc1. The fraction of sp³-hybridized carbons (Fsp3) is 0.263. The number of hydrogen-bond acceptors (Lipinski definition) is 3. The minimum atomic E-state index is -0.311. The third-order valence-electron chi connectivity index (χ3n) is 3.45. The summed E-state index contributed by atoms with van der Waals surface area (Å²) in [5.74, 6) is 0.0174. The summed E-state index contributed by atoms with van der Waals surface area (Å²) in [4.78, 5) is 24.1. The summed E-state index contributed by atoms with van der Waals surface area (Å²) in [5, 5.41) is 5.39. The smallest absolute Gasteiger partial charge is 0.237 e. The van der Waals surface area contributed by atoms with E-state index >= 15 is 0 Å². The van der Waals surface area contributed by atoms with Crippen LogP contribution in [0.1, 0.15) is 18.1 Å². The molecule has 0 fully saturated rings. The van der Waals surface area contributed by atoms with E-state index in [1.807, 2.05) is 62.4 Å². The molecule has 2 rings (SSSR count). The molecule has 0 aliphatic heterocycles. The van der Waals surface area contributed by atoms with Gasteiger partial charge in [-0.1, -0.05) is 29.8 Å². The van der Waals surface area contributed by atoms with Gasteiger partial charge in [0.2, 0.25) is 11.8 Å². The van der Waals surface area contributed by atoms with E-state index in [0.29, 0.717) is 0 Å². The van der Waals surface area contributed by atoms with Gasteiger partial charge in [-0.05, 0) is 50.6 Å². The van der Waals surface area contributed by atoms with Gasteiger partial charge in [0.05, 0.1) is 11.0 Å². The predicted molar refractivity (Wildman–Crippen MR) is 102 cm³/mol. The Hall–Kier alpha value is -2.27. The van der Waals surface area contributed by atoms with Crippen molar-refractivity contribution < 1.29 is 9.59 Å². The van der Waals surface area contributed by atoms with E-state index in [1.165, 1.54) is 11.8 Å². The summed E-state index contributed by atoms with van der Waals surface area (Å²) in [5.41, 5.74) is 3.77. The number of amides is 2. The van der Waals surface area contributed by atoms with Gasteiger partial charge in [-0.25, -0.2) is 0 Å². The molecule has 0 heterocycles. The number of carbonyl (C=O) groups is 2. The molecule has 2 N–H and O–H groups in total. The zero-order chi connectivity index (χ0) is 17.5. The highest BCUT2D eigenvalue weighted by atomic mass is 32.2. The van der Waals surface area contributed by atoms with Gasteiger partial charge in [-0.15, -0.1) is 11.8 Å². The van der Waals surface area contributed by atoms with E-state index in [2.05, 4.69) is 10.6 Å². The Morgan fingerprint density at radius 1 is 0.958 bits per heavy atom. The molecule has 4 nitrogen and oxygen atoms in total. The Bertz CT molecular complexity index is 714. The van der Waals surface area contributed by atoms with Crippen molar-refractivity contribution in [2.24, 2.45) is 0 Å². The van der Waals surface area contributed by atoms with Gasteiger partial charge < -0.3 is 10.6 Å².